The van der Waals surface area contributed by atoms with Crippen LogP contribution in [0.3, 0.4) is 0 Å². The molecule has 2 aromatic rings. The van der Waals surface area contributed by atoms with Gasteiger partial charge in [-0.05, 0) is 49.4 Å². The number of nitrogens with one attached hydrogen (secondary N) is 1. The van der Waals surface area contributed by atoms with Crippen molar-refractivity contribution in [1.29, 1.82) is 0 Å². The fraction of sp³-hybridized carbons (Fsp3) is 0.278. The van der Waals surface area contributed by atoms with E-state index >= 15 is 0 Å². The lowest BCUT2D eigenvalue weighted by Crippen LogP contribution is -2.44. The van der Waals surface area contributed by atoms with Gasteiger partial charge < -0.3 is 10.1 Å². The number of methoxy groups -OCH3 is 1. The molecule has 1 amide bonds. The minimum atomic E-state index is -4.01. The van der Waals surface area contributed by atoms with Gasteiger partial charge >= 0.3 is 0 Å². The Bertz CT molecular complexity index is 888. The summed E-state index contributed by atoms with van der Waals surface area (Å²) in [7, 11) is -2.49. The topological polar surface area (TPSA) is 75.7 Å². The molecule has 0 aliphatic rings. The molecule has 2 rings (SSSR count). The normalized spacial score (nSPS) is 12.4. The van der Waals surface area contributed by atoms with Crippen LogP contribution in [-0.4, -0.2) is 40.6 Å². The fourth-order valence-corrected chi connectivity index (χ4v) is 4.15. The van der Waals surface area contributed by atoms with E-state index in [2.05, 4.69) is 5.32 Å². The second kappa shape index (κ2) is 9.41. The summed E-state index contributed by atoms with van der Waals surface area (Å²) in [5, 5.41) is 3.47. The average molecular weight is 431 g/mol. The molecule has 0 saturated heterocycles. The standard InChI is InChI=1S/C18H20Cl2N2O4S/c1-13(12-26-2)21-18(23)11-22(16-5-3-4-15(20)10-16)27(24,25)17-8-6-14(19)7-9-17/h3-10,13H,11-12H2,1-2H3,(H,21,23)/t13-/m0/s1. The van der Waals surface area contributed by atoms with E-state index in [0.717, 1.165) is 4.31 Å². The molecule has 0 fully saturated rings. The van der Waals surface area contributed by atoms with Crippen LogP contribution in [0, 0.1) is 0 Å². The molecule has 27 heavy (non-hydrogen) atoms. The second-order valence-corrected chi connectivity index (χ2v) is 8.60. The maximum Gasteiger partial charge on any atom is 0.264 e. The van der Waals surface area contributed by atoms with E-state index in [4.69, 9.17) is 27.9 Å². The molecule has 0 bridgehead atoms. The summed E-state index contributed by atoms with van der Waals surface area (Å²) in [4.78, 5) is 12.4. The molecule has 0 aliphatic carbocycles. The minimum Gasteiger partial charge on any atom is -0.383 e. The first-order valence-electron chi connectivity index (χ1n) is 8.06. The highest BCUT2D eigenvalue weighted by Crippen LogP contribution is 2.26. The maximum atomic E-state index is 13.1. The molecule has 9 heteroatoms. The Morgan fingerprint density at radius 3 is 2.41 bits per heavy atom. The van der Waals surface area contributed by atoms with Gasteiger partial charge in [-0.15, -0.1) is 0 Å². The van der Waals surface area contributed by atoms with E-state index in [1.165, 1.54) is 37.4 Å². The Morgan fingerprint density at radius 1 is 1.15 bits per heavy atom. The SMILES string of the molecule is COC[C@H](C)NC(=O)CN(c1cccc(Cl)c1)S(=O)(=O)c1ccc(Cl)cc1. The first-order chi connectivity index (χ1) is 12.7. The van der Waals surface area contributed by atoms with Gasteiger partial charge in [0, 0.05) is 23.2 Å². The highest BCUT2D eigenvalue weighted by atomic mass is 35.5. The molecule has 1 atom stereocenters. The summed E-state index contributed by atoms with van der Waals surface area (Å²) in [5.41, 5.74) is 0.284. The number of hydrogen-bond acceptors (Lipinski definition) is 4. The zero-order valence-corrected chi connectivity index (χ0v) is 17.2. The van der Waals surface area contributed by atoms with E-state index in [9.17, 15) is 13.2 Å². The number of anilines is 1. The number of amides is 1. The number of halogens is 2. The van der Waals surface area contributed by atoms with E-state index < -0.39 is 22.5 Å². The fourth-order valence-electron chi connectivity index (χ4n) is 2.42. The third-order valence-electron chi connectivity index (χ3n) is 3.61. The van der Waals surface area contributed by atoms with Crippen molar-refractivity contribution < 1.29 is 17.9 Å². The Morgan fingerprint density at radius 2 is 1.81 bits per heavy atom. The van der Waals surface area contributed by atoms with Crippen LogP contribution in [0.2, 0.25) is 10.0 Å². The largest absolute Gasteiger partial charge is 0.383 e. The van der Waals surface area contributed by atoms with E-state index in [-0.39, 0.29) is 16.6 Å². The molecule has 0 saturated carbocycles. The van der Waals surface area contributed by atoms with Gasteiger partial charge in [-0.2, -0.15) is 0 Å². The molecule has 6 nitrogen and oxygen atoms in total. The number of ether oxygens (including phenoxy) is 1. The van der Waals surface area contributed by atoms with E-state index in [1.807, 2.05) is 0 Å². The van der Waals surface area contributed by atoms with Crippen LogP contribution >= 0.6 is 23.2 Å². The summed E-state index contributed by atoms with van der Waals surface area (Å²) in [6.07, 6.45) is 0. The molecular formula is C18H20Cl2N2O4S. The first-order valence-corrected chi connectivity index (χ1v) is 10.3. The van der Waals surface area contributed by atoms with Crippen molar-refractivity contribution in [3.05, 3.63) is 58.6 Å². The molecule has 0 aromatic heterocycles. The maximum absolute atomic E-state index is 13.1. The van der Waals surface area contributed by atoms with Crippen LogP contribution in [-0.2, 0) is 19.6 Å². The van der Waals surface area contributed by atoms with Gasteiger partial charge in [0.2, 0.25) is 5.91 Å². The molecule has 1 N–H and O–H groups in total. The zero-order chi connectivity index (χ0) is 20.0. The van der Waals surface area contributed by atoms with Gasteiger partial charge in [-0.1, -0.05) is 29.3 Å². The van der Waals surface area contributed by atoms with Crippen molar-refractivity contribution in [2.45, 2.75) is 17.9 Å². The quantitative estimate of drug-likeness (QED) is 0.696. The van der Waals surface area contributed by atoms with Crippen molar-refractivity contribution in [2.24, 2.45) is 0 Å². The first kappa shape index (κ1) is 21.5. The molecule has 0 aliphatic heterocycles. The van der Waals surface area contributed by atoms with Gasteiger partial charge in [0.25, 0.3) is 10.0 Å². The zero-order valence-electron chi connectivity index (χ0n) is 14.9. The number of carbonyl (C=O) groups excluding carboxylic acids is 1. The summed E-state index contributed by atoms with van der Waals surface area (Å²) >= 11 is 11.9. The summed E-state index contributed by atoms with van der Waals surface area (Å²) in [5.74, 6) is -0.461. The Kier molecular flexibility index (Phi) is 7.49. The van der Waals surface area contributed by atoms with Gasteiger partial charge in [-0.3, -0.25) is 9.10 Å². The molecule has 2 aromatic carbocycles. The van der Waals surface area contributed by atoms with Gasteiger partial charge in [0.1, 0.15) is 6.54 Å². The predicted octanol–water partition coefficient (Wildman–Crippen LogP) is 3.34. The average Bonchev–Trinajstić information content (AvgIpc) is 2.60. The number of nitrogens with zero attached hydrogens (tertiary/aromatic N) is 1. The van der Waals surface area contributed by atoms with Crippen LogP contribution in [0.25, 0.3) is 0 Å². The van der Waals surface area contributed by atoms with Crippen molar-refractivity contribution in [1.82, 2.24) is 5.32 Å². The molecule has 0 radical (unpaired) electrons. The lowest BCUT2D eigenvalue weighted by atomic mass is 10.3. The van der Waals surface area contributed by atoms with Crippen molar-refractivity contribution in [3.63, 3.8) is 0 Å². The lowest BCUT2D eigenvalue weighted by molar-refractivity contribution is -0.120. The number of sulfonamides is 1. The third-order valence-corrected chi connectivity index (χ3v) is 5.88. The van der Waals surface area contributed by atoms with E-state index in [1.54, 1.807) is 25.1 Å². The van der Waals surface area contributed by atoms with Crippen molar-refractivity contribution in [3.8, 4) is 0 Å². The van der Waals surface area contributed by atoms with Crippen LogP contribution in [0.5, 0.6) is 0 Å². The number of benzene rings is 2. The van der Waals surface area contributed by atoms with Crippen LogP contribution < -0.4 is 9.62 Å². The summed E-state index contributed by atoms with van der Waals surface area (Å²) in [6, 6.07) is 11.8. The number of hydrogen-bond donors (Lipinski definition) is 1. The minimum absolute atomic E-state index is 0.0182. The smallest absolute Gasteiger partial charge is 0.264 e. The Labute approximate surface area is 169 Å². The van der Waals surface area contributed by atoms with Crippen LogP contribution in [0.1, 0.15) is 6.92 Å². The monoisotopic (exact) mass is 430 g/mol. The number of rotatable bonds is 8. The van der Waals surface area contributed by atoms with E-state index in [0.29, 0.717) is 16.7 Å². The van der Waals surface area contributed by atoms with Crippen molar-refractivity contribution >= 4 is 44.8 Å². The van der Waals surface area contributed by atoms with Crippen LogP contribution in [0.4, 0.5) is 5.69 Å². The summed E-state index contributed by atoms with van der Waals surface area (Å²) in [6.45, 7) is 1.67. The Balaban J connectivity index is 2.38. The molecular weight excluding hydrogens is 411 g/mol. The third kappa shape index (κ3) is 5.84. The van der Waals surface area contributed by atoms with Crippen LogP contribution in [0.15, 0.2) is 53.4 Å². The molecule has 0 unspecified atom stereocenters. The molecule has 0 spiro atoms. The highest BCUT2D eigenvalue weighted by Gasteiger charge is 2.27. The van der Waals surface area contributed by atoms with Gasteiger partial charge in [-0.25, -0.2) is 8.42 Å². The predicted molar refractivity (Wildman–Crippen MR) is 107 cm³/mol. The number of carbonyl (C=O) groups is 1. The highest BCUT2D eigenvalue weighted by molar-refractivity contribution is 7.92. The Hall–Kier alpha value is -1.80. The summed E-state index contributed by atoms with van der Waals surface area (Å²) < 4.78 is 32.3. The molecule has 0 heterocycles. The second-order valence-electron chi connectivity index (χ2n) is 5.87. The lowest BCUT2D eigenvalue weighted by Gasteiger charge is -2.25. The van der Waals surface area contributed by atoms with Gasteiger partial charge in [0.05, 0.1) is 17.2 Å². The molecule has 146 valence electrons. The van der Waals surface area contributed by atoms with Gasteiger partial charge in [0.15, 0.2) is 0 Å². The van der Waals surface area contributed by atoms with Crippen molar-refractivity contribution in [2.75, 3.05) is 24.6 Å².